The predicted molar refractivity (Wildman–Crippen MR) is 99.8 cm³/mol. The van der Waals surface area contributed by atoms with E-state index >= 15 is 0 Å². The van der Waals surface area contributed by atoms with Crippen molar-refractivity contribution in [1.82, 2.24) is 5.32 Å². The smallest absolute Gasteiger partial charge is 0.340 e. The summed E-state index contributed by atoms with van der Waals surface area (Å²) in [6.07, 6.45) is 5.31. The Labute approximate surface area is 154 Å². The molecule has 6 heteroatoms. The van der Waals surface area contributed by atoms with Crippen LogP contribution >= 0.6 is 0 Å². The summed E-state index contributed by atoms with van der Waals surface area (Å²) in [5.41, 5.74) is -0.639. The van der Waals surface area contributed by atoms with Crippen LogP contribution in [0.5, 0.6) is 0 Å². The van der Waals surface area contributed by atoms with Crippen LogP contribution in [0.1, 0.15) is 63.2 Å². The van der Waals surface area contributed by atoms with Gasteiger partial charge in [-0.05, 0) is 45.7 Å². The highest BCUT2D eigenvalue weighted by Crippen LogP contribution is 2.24. The molecule has 0 saturated heterocycles. The van der Waals surface area contributed by atoms with Gasteiger partial charge in [0.15, 0.2) is 0 Å². The van der Waals surface area contributed by atoms with Crippen molar-refractivity contribution in [3.05, 3.63) is 29.8 Å². The molecular formula is C20H28N2O4. The Morgan fingerprint density at radius 3 is 2.38 bits per heavy atom. The first kappa shape index (κ1) is 19.9. The van der Waals surface area contributed by atoms with Crippen LogP contribution in [0.15, 0.2) is 24.3 Å². The highest BCUT2D eigenvalue weighted by Gasteiger charge is 2.37. The fourth-order valence-electron chi connectivity index (χ4n) is 2.97. The van der Waals surface area contributed by atoms with Gasteiger partial charge in [-0.3, -0.25) is 9.59 Å². The molecule has 2 amide bonds. The van der Waals surface area contributed by atoms with E-state index in [2.05, 4.69) is 10.6 Å². The van der Waals surface area contributed by atoms with Crippen LogP contribution in [0.2, 0.25) is 0 Å². The number of carbonyl (C=O) groups excluding carboxylic acids is 3. The minimum absolute atomic E-state index is 0.134. The van der Waals surface area contributed by atoms with Gasteiger partial charge in [-0.1, -0.05) is 31.4 Å². The van der Waals surface area contributed by atoms with Crippen molar-refractivity contribution in [1.29, 1.82) is 0 Å². The first-order chi connectivity index (χ1) is 12.4. The fourth-order valence-corrected chi connectivity index (χ4v) is 2.97. The summed E-state index contributed by atoms with van der Waals surface area (Å²) in [7, 11) is 0. The molecule has 1 saturated carbocycles. The number of anilines is 1. The van der Waals surface area contributed by atoms with Crippen LogP contribution in [0.3, 0.4) is 0 Å². The zero-order valence-corrected chi connectivity index (χ0v) is 15.8. The van der Waals surface area contributed by atoms with Gasteiger partial charge in [-0.15, -0.1) is 0 Å². The van der Waals surface area contributed by atoms with Gasteiger partial charge in [0.25, 0.3) is 0 Å². The van der Waals surface area contributed by atoms with Gasteiger partial charge in [0, 0.05) is 6.04 Å². The van der Waals surface area contributed by atoms with E-state index in [-0.39, 0.29) is 24.1 Å². The Morgan fingerprint density at radius 1 is 1.08 bits per heavy atom. The van der Waals surface area contributed by atoms with E-state index in [9.17, 15) is 14.4 Å². The van der Waals surface area contributed by atoms with Gasteiger partial charge in [0.1, 0.15) is 5.41 Å². The molecule has 0 aromatic heterocycles. The fraction of sp³-hybridized carbons (Fsp3) is 0.550. The standard InChI is InChI=1S/C20H28N2O4/c1-4-26-17(23)15-12-8-9-13-16(15)22-19(25)20(2,3)18(24)21-14-10-6-5-7-11-14/h8-9,12-14H,4-7,10-11H2,1-3H3,(H,21,24)(H,22,25). The van der Waals surface area contributed by atoms with Crippen molar-refractivity contribution >= 4 is 23.5 Å². The minimum atomic E-state index is -1.25. The lowest BCUT2D eigenvalue weighted by atomic mass is 9.88. The van der Waals surface area contributed by atoms with Crippen LogP contribution in [0.25, 0.3) is 0 Å². The number of rotatable bonds is 6. The summed E-state index contributed by atoms with van der Waals surface area (Å²) in [6.45, 7) is 5.15. The second-order valence-corrected chi connectivity index (χ2v) is 7.15. The van der Waals surface area contributed by atoms with E-state index < -0.39 is 17.3 Å². The highest BCUT2D eigenvalue weighted by molar-refractivity contribution is 6.11. The SMILES string of the molecule is CCOC(=O)c1ccccc1NC(=O)C(C)(C)C(=O)NC1CCCCC1. The molecule has 142 valence electrons. The normalized spacial score (nSPS) is 15.2. The molecule has 0 aliphatic heterocycles. The third-order valence-electron chi connectivity index (χ3n) is 4.75. The molecule has 0 spiro atoms. The maximum absolute atomic E-state index is 12.7. The third-order valence-corrected chi connectivity index (χ3v) is 4.75. The average Bonchev–Trinajstić information content (AvgIpc) is 2.63. The monoisotopic (exact) mass is 360 g/mol. The second-order valence-electron chi connectivity index (χ2n) is 7.15. The summed E-state index contributed by atoms with van der Waals surface area (Å²) in [6, 6.07) is 6.76. The maximum Gasteiger partial charge on any atom is 0.340 e. The number of benzene rings is 1. The van der Waals surface area contributed by atoms with E-state index in [0.29, 0.717) is 5.69 Å². The lowest BCUT2D eigenvalue weighted by Crippen LogP contribution is -2.49. The number of nitrogens with one attached hydrogen (secondary N) is 2. The van der Waals surface area contributed by atoms with Crippen molar-refractivity contribution in [2.45, 2.75) is 58.9 Å². The highest BCUT2D eigenvalue weighted by atomic mass is 16.5. The number of ether oxygens (including phenoxy) is 1. The molecule has 1 aromatic rings. The Hall–Kier alpha value is -2.37. The number of hydrogen-bond acceptors (Lipinski definition) is 4. The van der Waals surface area contributed by atoms with Crippen LogP contribution in [0, 0.1) is 5.41 Å². The molecule has 26 heavy (non-hydrogen) atoms. The number of para-hydroxylation sites is 1. The van der Waals surface area contributed by atoms with Crippen molar-refractivity contribution in [2.75, 3.05) is 11.9 Å². The average molecular weight is 360 g/mol. The molecule has 1 fully saturated rings. The first-order valence-electron chi connectivity index (χ1n) is 9.24. The van der Waals surface area contributed by atoms with Crippen LogP contribution in [-0.4, -0.2) is 30.4 Å². The van der Waals surface area contributed by atoms with Crippen LogP contribution in [0.4, 0.5) is 5.69 Å². The number of hydrogen-bond donors (Lipinski definition) is 2. The largest absolute Gasteiger partial charge is 0.462 e. The Bertz CT molecular complexity index is 664. The van der Waals surface area contributed by atoms with E-state index in [1.807, 2.05) is 0 Å². The van der Waals surface area contributed by atoms with Gasteiger partial charge < -0.3 is 15.4 Å². The van der Waals surface area contributed by atoms with Crippen molar-refractivity contribution < 1.29 is 19.1 Å². The summed E-state index contributed by atoms with van der Waals surface area (Å²) >= 11 is 0. The maximum atomic E-state index is 12.7. The summed E-state index contributed by atoms with van der Waals surface area (Å²) in [5.74, 6) is -1.26. The topological polar surface area (TPSA) is 84.5 Å². The van der Waals surface area contributed by atoms with E-state index in [4.69, 9.17) is 4.74 Å². The zero-order valence-electron chi connectivity index (χ0n) is 15.8. The summed E-state index contributed by atoms with van der Waals surface area (Å²) in [4.78, 5) is 37.4. The molecule has 0 heterocycles. The molecule has 0 radical (unpaired) electrons. The molecule has 0 unspecified atom stereocenters. The summed E-state index contributed by atoms with van der Waals surface area (Å²) in [5, 5.41) is 5.70. The van der Waals surface area contributed by atoms with Crippen molar-refractivity contribution in [3.8, 4) is 0 Å². The quantitative estimate of drug-likeness (QED) is 0.602. The van der Waals surface area contributed by atoms with E-state index in [1.54, 1.807) is 45.0 Å². The van der Waals surface area contributed by atoms with Crippen LogP contribution in [-0.2, 0) is 14.3 Å². The van der Waals surface area contributed by atoms with E-state index in [1.165, 1.54) is 6.42 Å². The molecule has 6 nitrogen and oxygen atoms in total. The first-order valence-corrected chi connectivity index (χ1v) is 9.24. The molecular weight excluding hydrogens is 332 g/mol. The second kappa shape index (κ2) is 8.83. The lowest BCUT2D eigenvalue weighted by molar-refractivity contribution is -0.139. The minimum Gasteiger partial charge on any atom is -0.462 e. The lowest BCUT2D eigenvalue weighted by Gasteiger charge is -2.28. The summed E-state index contributed by atoms with van der Waals surface area (Å²) < 4.78 is 5.01. The van der Waals surface area contributed by atoms with Gasteiger partial charge in [0.2, 0.25) is 11.8 Å². The number of esters is 1. The zero-order chi connectivity index (χ0) is 19.2. The molecule has 0 bridgehead atoms. The Kier molecular flexibility index (Phi) is 6.77. The van der Waals surface area contributed by atoms with Gasteiger partial charge in [-0.25, -0.2) is 4.79 Å². The van der Waals surface area contributed by atoms with Crippen molar-refractivity contribution in [3.63, 3.8) is 0 Å². The van der Waals surface area contributed by atoms with Crippen LogP contribution < -0.4 is 10.6 Å². The van der Waals surface area contributed by atoms with Crippen molar-refractivity contribution in [2.24, 2.45) is 5.41 Å². The Morgan fingerprint density at radius 2 is 1.73 bits per heavy atom. The third kappa shape index (κ3) is 4.84. The Balaban J connectivity index is 2.08. The van der Waals surface area contributed by atoms with E-state index in [0.717, 1.165) is 25.7 Å². The molecule has 2 N–H and O–H groups in total. The molecule has 1 aliphatic rings. The van der Waals surface area contributed by atoms with Gasteiger partial charge >= 0.3 is 5.97 Å². The molecule has 1 aliphatic carbocycles. The molecule has 0 atom stereocenters. The molecule has 2 rings (SSSR count). The van der Waals surface area contributed by atoms with Gasteiger partial charge in [-0.2, -0.15) is 0 Å². The number of amides is 2. The number of carbonyl (C=O) groups is 3. The molecule has 1 aromatic carbocycles. The predicted octanol–water partition coefficient (Wildman–Crippen LogP) is 3.28. The van der Waals surface area contributed by atoms with Gasteiger partial charge in [0.05, 0.1) is 17.9 Å².